The highest BCUT2D eigenvalue weighted by atomic mass is 19.1. The summed E-state index contributed by atoms with van der Waals surface area (Å²) < 4.78 is 12.8. The Kier molecular flexibility index (Phi) is 3.41. The number of nitrogen functional groups attached to an aromatic ring is 1. The van der Waals surface area contributed by atoms with Crippen LogP contribution in [0.25, 0.3) is 0 Å². The molecule has 2 aromatic rings. The molecule has 4 nitrogen and oxygen atoms in total. The highest BCUT2D eigenvalue weighted by molar-refractivity contribution is 5.58. The molecule has 1 heterocycles. The van der Waals surface area contributed by atoms with Crippen molar-refractivity contribution in [3.8, 4) is 0 Å². The maximum Gasteiger partial charge on any atom is 0.136 e. The number of nitrogens with two attached hydrogens (primary N) is 1. The van der Waals surface area contributed by atoms with Gasteiger partial charge in [-0.05, 0) is 24.3 Å². The molecule has 5 heteroatoms. The molecular weight excluding hydrogens is 231 g/mol. The lowest BCUT2D eigenvalue weighted by molar-refractivity contribution is 0.628. The van der Waals surface area contributed by atoms with E-state index >= 15 is 0 Å². The van der Waals surface area contributed by atoms with E-state index in [4.69, 9.17) is 5.73 Å². The van der Waals surface area contributed by atoms with Gasteiger partial charge < -0.3 is 11.1 Å². The van der Waals surface area contributed by atoms with Crippen molar-refractivity contribution in [2.45, 2.75) is 19.8 Å². The number of rotatable bonds is 3. The van der Waals surface area contributed by atoms with Crippen molar-refractivity contribution in [1.82, 2.24) is 9.97 Å². The Labute approximate surface area is 105 Å². The fourth-order valence-electron chi connectivity index (χ4n) is 1.49. The molecule has 0 aliphatic carbocycles. The van der Waals surface area contributed by atoms with E-state index in [0.29, 0.717) is 17.5 Å². The molecule has 18 heavy (non-hydrogen) atoms. The normalized spacial score (nSPS) is 10.7. The smallest absolute Gasteiger partial charge is 0.136 e. The fourth-order valence-corrected chi connectivity index (χ4v) is 1.49. The van der Waals surface area contributed by atoms with E-state index in [-0.39, 0.29) is 11.7 Å². The van der Waals surface area contributed by atoms with Crippen LogP contribution < -0.4 is 11.1 Å². The molecule has 0 amide bonds. The topological polar surface area (TPSA) is 63.8 Å². The minimum atomic E-state index is -0.273. The number of hydrogen-bond acceptors (Lipinski definition) is 4. The number of nitrogens with one attached hydrogen (secondary N) is 1. The van der Waals surface area contributed by atoms with Crippen LogP contribution in [0.3, 0.4) is 0 Å². The summed E-state index contributed by atoms with van der Waals surface area (Å²) in [5, 5.41) is 3.07. The number of halogens is 1. The maximum absolute atomic E-state index is 12.8. The molecule has 0 aliphatic heterocycles. The molecule has 0 atom stereocenters. The van der Waals surface area contributed by atoms with Crippen LogP contribution in [0.1, 0.15) is 25.6 Å². The molecule has 0 unspecified atom stereocenters. The Balaban J connectivity index is 2.26. The second kappa shape index (κ2) is 5.00. The van der Waals surface area contributed by atoms with Gasteiger partial charge in [0.05, 0.1) is 0 Å². The van der Waals surface area contributed by atoms with Crippen LogP contribution in [-0.4, -0.2) is 9.97 Å². The summed E-state index contributed by atoms with van der Waals surface area (Å²) in [5.41, 5.74) is 6.48. The average molecular weight is 246 g/mol. The molecule has 0 spiro atoms. The van der Waals surface area contributed by atoms with Crippen molar-refractivity contribution in [2.75, 3.05) is 11.1 Å². The van der Waals surface area contributed by atoms with Crippen molar-refractivity contribution in [2.24, 2.45) is 0 Å². The zero-order valence-corrected chi connectivity index (χ0v) is 10.3. The summed E-state index contributed by atoms with van der Waals surface area (Å²) >= 11 is 0. The number of aromatic nitrogens is 2. The van der Waals surface area contributed by atoms with Gasteiger partial charge in [0.1, 0.15) is 23.3 Å². The van der Waals surface area contributed by atoms with Crippen LogP contribution in [0.5, 0.6) is 0 Å². The third-order valence-electron chi connectivity index (χ3n) is 2.40. The first-order valence-electron chi connectivity index (χ1n) is 5.71. The Bertz CT molecular complexity index is 537. The predicted molar refractivity (Wildman–Crippen MR) is 70.2 cm³/mol. The summed E-state index contributed by atoms with van der Waals surface area (Å²) in [6.45, 7) is 3.99. The molecular formula is C13H15FN4. The van der Waals surface area contributed by atoms with Gasteiger partial charge in [0.25, 0.3) is 0 Å². The zero-order valence-electron chi connectivity index (χ0n) is 10.3. The van der Waals surface area contributed by atoms with Gasteiger partial charge in [0, 0.05) is 17.7 Å². The predicted octanol–water partition coefficient (Wildman–Crippen LogP) is 3.06. The van der Waals surface area contributed by atoms with Crippen LogP contribution >= 0.6 is 0 Å². The third kappa shape index (κ3) is 2.94. The number of nitrogens with zero attached hydrogens (tertiary/aromatic N) is 2. The van der Waals surface area contributed by atoms with Gasteiger partial charge in [-0.15, -0.1) is 0 Å². The highest BCUT2D eigenvalue weighted by Gasteiger charge is 2.06. The Morgan fingerprint density at radius 2 is 1.83 bits per heavy atom. The van der Waals surface area contributed by atoms with Gasteiger partial charge in [-0.1, -0.05) is 13.8 Å². The standard InChI is InChI=1S/C13H15FN4/c1-8(2)13-17-11(15)7-12(18-13)16-10-5-3-9(14)4-6-10/h3-8H,1-2H3,(H3,15,16,17,18). The van der Waals surface area contributed by atoms with Crippen LogP contribution in [0.15, 0.2) is 30.3 Å². The second-order valence-electron chi connectivity index (χ2n) is 4.32. The molecule has 0 radical (unpaired) electrons. The summed E-state index contributed by atoms with van der Waals surface area (Å²) in [6.07, 6.45) is 0. The van der Waals surface area contributed by atoms with E-state index in [9.17, 15) is 4.39 Å². The quantitative estimate of drug-likeness (QED) is 0.873. The van der Waals surface area contributed by atoms with Crippen molar-refractivity contribution < 1.29 is 4.39 Å². The first kappa shape index (κ1) is 12.3. The zero-order chi connectivity index (χ0) is 13.1. The molecule has 0 saturated carbocycles. The molecule has 3 N–H and O–H groups in total. The largest absolute Gasteiger partial charge is 0.384 e. The summed E-state index contributed by atoms with van der Waals surface area (Å²) in [5.74, 6) is 1.63. The lowest BCUT2D eigenvalue weighted by atomic mass is 10.2. The SMILES string of the molecule is CC(C)c1nc(N)cc(Nc2ccc(F)cc2)n1. The Hall–Kier alpha value is -2.17. The van der Waals surface area contributed by atoms with Gasteiger partial charge in [-0.25, -0.2) is 14.4 Å². The molecule has 1 aromatic carbocycles. The monoisotopic (exact) mass is 246 g/mol. The molecule has 94 valence electrons. The lowest BCUT2D eigenvalue weighted by Crippen LogP contribution is -2.04. The second-order valence-corrected chi connectivity index (χ2v) is 4.32. The highest BCUT2D eigenvalue weighted by Crippen LogP contribution is 2.19. The van der Waals surface area contributed by atoms with Gasteiger partial charge >= 0.3 is 0 Å². The summed E-state index contributed by atoms with van der Waals surface area (Å²) in [7, 11) is 0. The van der Waals surface area contributed by atoms with E-state index in [1.165, 1.54) is 12.1 Å². The Morgan fingerprint density at radius 3 is 2.44 bits per heavy atom. The van der Waals surface area contributed by atoms with Gasteiger partial charge in [-0.3, -0.25) is 0 Å². The van der Waals surface area contributed by atoms with E-state index in [1.807, 2.05) is 13.8 Å². The molecule has 0 fully saturated rings. The molecule has 0 bridgehead atoms. The van der Waals surface area contributed by atoms with Gasteiger partial charge in [0.15, 0.2) is 0 Å². The van der Waals surface area contributed by atoms with Crippen LogP contribution in [-0.2, 0) is 0 Å². The minimum absolute atomic E-state index is 0.197. The number of benzene rings is 1. The molecule has 1 aromatic heterocycles. The first-order chi connectivity index (χ1) is 8.54. The fraction of sp³-hybridized carbons (Fsp3) is 0.231. The van der Waals surface area contributed by atoms with Crippen molar-refractivity contribution in [1.29, 1.82) is 0 Å². The maximum atomic E-state index is 12.8. The lowest BCUT2D eigenvalue weighted by Gasteiger charge is -2.10. The molecule has 0 saturated heterocycles. The van der Waals surface area contributed by atoms with Crippen LogP contribution in [0.2, 0.25) is 0 Å². The Morgan fingerprint density at radius 1 is 1.17 bits per heavy atom. The van der Waals surface area contributed by atoms with Crippen molar-refractivity contribution >= 4 is 17.3 Å². The first-order valence-corrected chi connectivity index (χ1v) is 5.71. The third-order valence-corrected chi connectivity index (χ3v) is 2.40. The van der Waals surface area contributed by atoms with Crippen LogP contribution in [0.4, 0.5) is 21.7 Å². The van der Waals surface area contributed by atoms with Crippen LogP contribution in [0, 0.1) is 5.82 Å². The van der Waals surface area contributed by atoms with E-state index in [1.54, 1.807) is 18.2 Å². The minimum Gasteiger partial charge on any atom is -0.384 e. The van der Waals surface area contributed by atoms with E-state index in [0.717, 1.165) is 5.69 Å². The number of hydrogen-bond donors (Lipinski definition) is 2. The van der Waals surface area contributed by atoms with E-state index < -0.39 is 0 Å². The van der Waals surface area contributed by atoms with E-state index in [2.05, 4.69) is 15.3 Å². The van der Waals surface area contributed by atoms with Gasteiger partial charge in [-0.2, -0.15) is 0 Å². The summed E-state index contributed by atoms with van der Waals surface area (Å²) in [4.78, 5) is 8.51. The van der Waals surface area contributed by atoms with Crippen molar-refractivity contribution in [3.05, 3.63) is 42.0 Å². The average Bonchev–Trinajstić information content (AvgIpc) is 2.31. The van der Waals surface area contributed by atoms with Crippen molar-refractivity contribution in [3.63, 3.8) is 0 Å². The summed E-state index contributed by atoms with van der Waals surface area (Å²) in [6, 6.07) is 7.70. The van der Waals surface area contributed by atoms with Gasteiger partial charge in [0.2, 0.25) is 0 Å². The number of anilines is 3. The molecule has 2 rings (SSSR count). The molecule has 0 aliphatic rings.